The third-order valence-corrected chi connectivity index (χ3v) is 9.50. The van der Waals surface area contributed by atoms with Crippen LogP contribution in [0.15, 0.2) is 30.3 Å². The van der Waals surface area contributed by atoms with Gasteiger partial charge < -0.3 is 35.0 Å². The Hall–Kier alpha value is -3.24. The number of benzene rings is 2. The van der Waals surface area contributed by atoms with Gasteiger partial charge in [0.1, 0.15) is 18.2 Å². The number of thiophene rings is 1. The number of ether oxygens (including phenoxy) is 2. The van der Waals surface area contributed by atoms with Gasteiger partial charge in [0, 0.05) is 37.3 Å². The number of hydrogen-bond acceptors (Lipinski definition) is 8. The second kappa shape index (κ2) is 14.9. The number of nitrogens with zero attached hydrogens (tertiary/aromatic N) is 2. The number of halogens is 4. The van der Waals surface area contributed by atoms with E-state index >= 15 is 4.39 Å². The lowest BCUT2D eigenvalue weighted by molar-refractivity contribution is -0.126. The van der Waals surface area contributed by atoms with Crippen molar-refractivity contribution in [2.75, 3.05) is 75.7 Å². The Morgan fingerprint density at radius 3 is 2.56 bits per heavy atom. The zero-order valence-corrected chi connectivity index (χ0v) is 26.4. The number of hydrogen-bond donors (Lipinski definition) is 3. The highest BCUT2D eigenvalue weighted by atomic mass is 32.1. The summed E-state index contributed by atoms with van der Waals surface area (Å²) >= 11 is 1.27. The van der Waals surface area contributed by atoms with Gasteiger partial charge in [0.05, 0.1) is 59.4 Å². The van der Waals surface area contributed by atoms with Crippen molar-refractivity contribution in [1.29, 1.82) is 0 Å². The minimum atomic E-state index is -4.39. The number of nitrogens with one attached hydrogen (secondary N) is 2. The van der Waals surface area contributed by atoms with Crippen molar-refractivity contribution in [2.45, 2.75) is 50.4 Å². The van der Waals surface area contributed by atoms with Crippen molar-refractivity contribution < 1.29 is 32.1 Å². The van der Waals surface area contributed by atoms with Crippen LogP contribution in [0.1, 0.15) is 36.1 Å². The molecule has 3 N–H and O–H groups in total. The molecule has 1 saturated heterocycles. The number of alkyl halides is 3. The topological polar surface area (TPSA) is 69.2 Å². The van der Waals surface area contributed by atoms with Gasteiger partial charge in [-0.15, -0.1) is 11.3 Å². The van der Waals surface area contributed by atoms with Gasteiger partial charge in [-0.1, -0.05) is 24.0 Å². The molecule has 2 heterocycles. The first-order chi connectivity index (χ1) is 21.6. The van der Waals surface area contributed by atoms with Crippen LogP contribution in [0.2, 0.25) is 0 Å². The molecule has 244 valence electrons. The summed E-state index contributed by atoms with van der Waals surface area (Å²) in [5.41, 5.74) is 1.72. The van der Waals surface area contributed by atoms with Gasteiger partial charge >= 0.3 is 6.18 Å². The van der Waals surface area contributed by atoms with Crippen LogP contribution in [0.3, 0.4) is 0 Å². The summed E-state index contributed by atoms with van der Waals surface area (Å²) < 4.78 is 68.1. The van der Waals surface area contributed by atoms with Gasteiger partial charge in [0.15, 0.2) is 0 Å². The molecule has 0 unspecified atom stereocenters. The van der Waals surface area contributed by atoms with Crippen LogP contribution in [0.5, 0.6) is 5.75 Å². The SMILES string of the molecule is CN(C)C1CCC(Nc2cccc3c(CC(F)(F)F)c(C#CCNc4cc(F)c(N5CCOCC5)cc4OCCO)sc23)CC1. The summed E-state index contributed by atoms with van der Waals surface area (Å²) in [5.74, 6) is 5.80. The van der Waals surface area contributed by atoms with Crippen molar-refractivity contribution in [3.05, 3.63) is 46.6 Å². The Morgan fingerprint density at radius 1 is 1.11 bits per heavy atom. The van der Waals surface area contributed by atoms with Crippen LogP contribution in [-0.2, 0) is 11.2 Å². The fraction of sp³-hybridized carbons (Fsp3) is 0.515. The Balaban J connectivity index is 1.36. The number of anilines is 3. The third kappa shape index (κ3) is 8.52. The summed E-state index contributed by atoms with van der Waals surface area (Å²) in [4.78, 5) is 4.48. The average Bonchev–Trinajstić information content (AvgIpc) is 3.36. The first-order valence-corrected chi connectivity index (χ1v) is 16.1. The maximum absolute atomic E-state index is 15.1. The molecule has 0 bridgehead atoms. The van der Waals surface area contributed by atoms with Gasteiger partial charge in [-0.3, -0.25) is 0 Å². The molecule has 2 aliphatic rings. The zero-order chi connectivity index (χ0) is 32.0. The van der Waals surface area contributed by atoms with E-state index in [-0.39, 0.29) is 31.4 Å². The fourth-order valence-corrected chi connectivity index (χ4v) is 7.15. The van der Waals surface area contributed by atoms with Crippen LogP contribution in [0.4, 0.5) is 34.6 Å². The molecule has 0 spiro atoms. The van der Waals surface area contributed by atoms with Gasteiger partial charge in [0.25, 0.3) is 0 Å². The first-order valence-electron chi connectivity index (χ1n) is 15.3. The first kappa shape index (κ1) is 33.1. The van der Waals surface area contributed by atoms with Gasteiger partial charge in [-0.2, -0.15) is 13.2 Å². The van der Waals surface area contributed by atoms with E-state index in [1.807, 2.05) is 11.0 Å². The molecule has 5 rings (SSSR count). The molecule has 1 saturated carbocycles. The Bertz CT molecular complexity index is 1500. The number of morpholine rings is 1. The van der Waals surface area contributed by atoms with E-state index in [2.05, 4.69) is 41.5 Å². The highest BCUT2D eigenvalue weighted by molar-refractivity contribution is 7.20. The summed E-state index contributed by atoms with van der Waals surface area (Å²) in [6.45, 7) is 1.91. The molecule has 0 atom stereocenters. The second-order valence-corrected chi connectivity index (χ2v) is 12.6. The van der Waals surface area contributed by atoms with E-state index < -0.39 is 18.4 Å². The molecular formula is C33H40F4N4O3S. The van der Waals surface area contributed by atoms with Crippen molar-refractivity contribution in [3.63, 3.8) is 0 Å². The minimum Gasteiger partial charge on any atom is -0.489 e. The normalized spacial score (nSPS) is 19.0. The fourth-order valence-electron chi connectivity index (χ4n) is 5.98. The van der Waals surface area contributed by atoms with Crippen LogP contribution in [0, 0.1) is 17.7 Å². The molecule has 7 nitrogen and oxygen atoms in total. The molecule has 2 fully saturated rings. The average molecular weight is 649 g/mol. The molecule has 1 aliphatic heterocycles. The molecule has 45 heavy (non-hydrogen) atoms. The quantitative estimate of drug-likeness (QED) is 0.181. The lowest BCUT2D eigenvalue weighted by Gasteiger charge is -2.33. The molecule has 12 heteroatoms. The third-order valence-electron chi connectivity index (χ3n) is 8.30. The van der Waals surface area contributed by atoms with E-state index in [9.17, 15) is 18.3 Å². The number of rotatable bonds is 10. The Labute approximate surface area is 265 Å². The number of aliphatic hydroxyl groups excluding tert-OH is 1. The van der Waals surface area contributed by atoms with Crippen molar-refractivity contribution >= 4 is 38.5 Å². The summed E-state index contributed by atoms with van der Waals surface area (Å²) in [6, 6.07) is 9.16. The standard InChI is InChI=1S/C33H40F4N4O3S/c1-40(2)23-10-8-22(9-11-23)39-27-6-3-5-24-25(21-33(35,36)37)31(45-32(24)27)7-4-12-38-28-19-26(34)29(20-30(28)44-18-15-42)41-13-16-43-17-14-41/h3,5-6,19-20,22-23,38-39,42H,8-18,21H2,1-2H3. The Kier molecular flexibility index (Phi) is 11.0. The highest BCUT2D eigenvalue weighted by Crippen LogP contribution is 2.40. The molecule has 0 radical (unpaired) electrons. The van der Waals surface area contributed by atoms with Crippen LogP contribution in [-0.4, -0.2) is 88.4 Å². The van der Waals surface area contributed by atoms with Crippen molar-refractivity contribution in [2.24, 2.45) is 0 Å². The van der Waals surface area contributed by atoms with Gasteiger partial charge in [0.2, 0.25) is 0 Å². The predicted octanol–water partition coefficient (Wildman–Crippen LogP) is 6.10. The maximum Gasteiger partial charge on any atom is 0.393 e. The van der Waals surface area contributed by atoms with Crippen molar-refractivity contribution in [3.8, 4) is 17.6 Å². The van der Waals surface area contributed by atoms with Crippen LogP contribution < -0.4 is 20.3 Å². The molecule has 2 aromatic carbocycles. The van der Waals surface area contributed by atoms with E-state index in [0.29, 0.717) is 59.7 Å². The molecule has 0 amide bonds. The Morgan fingerprint density at radius 2 is 1.87 bits per heavy atom. The molecule has 1 aromatic heterocycles. The molecule has 3 aromatic rings. The smallest absolute Gasteiger partial charge is 0.393 e. The van der Waals surface area contributed by atoms with E-state index in [0.717, 1.165) is 36.1 Å². The van der Waals surface area contributed by atoms with Crippen LogP contribution in [0.25, 0.3) is 10.1 Å². The van der Waals surface area contributed by atoms with Gasteiger partial charge in [-0.05, 0) is 56.8 Å². The lowest BCUT2D eigenvalue weighted by Crippen LogP contribution is -2.36. The number of aliphatic hydroxyl groups is 1. The molecule has 1 aliphatic carbocycles. The van der Waals surface area contributed by atoms with E-state index in [1.54, 1.807) is 18.2 Å². The van der Waals surface area contributed by atoms with E-state index in [4.69, 9.17) is 9.47 Å². The summed E-state index contributed by atoms with van der Waals surface area (Å²) in [5, 5.41) is 16.5. The summed E-state index contributed by atoms with van der Waals surface area (Å²) in [7, 11) is 4.19. The monoisotopic (exact) mass is 648 g/mol. The molecular weight excluding hydrogens is 608 g/mol. The van der Waals surface area contributed by atoms with Gasteiger partial charge in [-0.25, -0.2) is 4.39 Å². The lowest BCUT2D eigenvalue weighted by atomic mass is 9.90. The largest absolute Gasteiger partial charge is 0.489 e. The number of fused-ring (bicyclic) bond motifs is 1. The summed E-state index contributed by atoms with van der Waals surface area (Å²) in [6.07, 6.45) is -1.33. The second-order valence-electron chi connectivity index (χ2n) is 11.6. The zero-order valence-electron chi connectivity index (χ0n) is 25.6. The van der Waals surface area contributed by atoms with Crippen molar-refractivity contribution in [1.82, 2.24) is 4.90 Å². The van der Waals surface area contributed by atoms with E-state index in [1.165, 1.54) is 17.4 Å². The predicted molar refractivity (Wildman–Crippen MR) is 172 cm³/mol. The highest BCUT2D eigenvalue weighted by Gasteiger charge is 2.31. The minimum absolute atomic E-state index is 0.0184. The maximum atomic E-state index is 15.1. The van der Waals surface area contributed by atoms with Crippen LogP contribution >= 0.6 is 11.3 Å².